The topological polar surface area (TPSA) is 64.7 Å². The van der Waals surface area contributed by atoms with Crippen LogP contribution in [0, 0.1) is 13.8 Å². The molecule has 0 unspecified atom stereocenters. The molecule has 0 aliphatic carbocycles. The van der Waals surface area contributed by atoms with Crippen LogP contribution in [-0.4, -0.2) is 32.0 Å². The van der Waals surface area contributed by atoms with Crippen molar-refractivity contribution in [2.75, 3.05) is 6.54 Å². The number of carbonyl (C=O) groups is 1. The van der Waals surface area contributed by atoms with Gasteiger partial charge in [-0.15, -0.1) is 0 Å². The van der Waals surface area contributed by atoms with Gasteiger partial charge in [0.25, 0.3) is 5.91 Å². The van der Waals surface area contributed by atoms with Gasteiger partial charge in [0.15, 0.2) is 0 Å². The number of aromatic nitrogens is 4. The predicted octanol–water partition coefficient (Wildman–Crippen LogP) is 2.21. The number of hydrogen-bond acceptors (Lipinski definition) is 3. The van der Waals surface area contributed by atoms with Gasteiger partial charge in [0.05, 0.1) is 11.9 Å². The zero-order valence-electron chi connectivity index (χ0n) is 13.7. The fraction of sp³-hybridized carbons (Fsp3) is 0.353. The van der Waals surface area contributed by atoms with Crippen molar-refractivity contribution in [1.82, 2.24) is 24.9 Å². The summed E-state index contributed by atoms with van der Waals surface area (Å²) < 4.78 is 3.80. The summed E-state index contributed by atoms with van der Waals surface area (Å²) in [6.45, 7) is 5.30. The molecule has 120 valence electrons. The number of benzene rings is 1. The summed E-state index contributed by atoms with van der Waals surface area (Å²) in [6, 6.07) is 7.61. The smallest absolute Gasteiger partial charge is 0.251 e. The van der Waals surface area contributed by atoms with Gasteiger partial charge in [0.2, 0.25) is 0 Å². The van der Waals surface area contributed by atoms with Crippen LogP contribution < -0.4 is 5.32 Å². The number of rotatable bonds is 5. The Hall–Kier alpha value is -2.63. The molecule has 0 atom stereocenters. The molecule has 6 heteroatoms. The Labute approximate surface area is 135 Å². The zero-order valence-corrected chi connectivity index (χ0v) is 13.7. The first-order valence-corrected chi connectivity index (χ1v) is 7.77. The summed E-state index contributed by atoms with van der Waals surface area (Å²) in [5, 5.41) is 11.8. The van der Waals surface area contributed by atoms with E-state index in [9.17, 15) is 4.79 Å². The maximum atomic E-state index is 12.1. The number of fused-ring (bicyclic) bond motifs is 1. The number of carbonyl (C=O) groups excluding carboxylic acids is 1. The monoisotopic (exact) mass is 311 g/mol. The van der Waals surface area contributed by atoms with Crippen LogP contribution in [0.5, 0.6) is 0 Å². The van der Waals surface area contributed by atoms with Gasteiger partial charge < -0.3 is 5.32 Å². The molecule has 0 aliphatic heterocycles. The van der Waals surface area contributed by atoms with Crippen LogP contribution in [0.2, 0.25) is 0 Å². The number of aryl methyl sites for hydroxylation is 4. The molecule has 1 amide bonds. The van der Waals surface area contributed by atoms with Crippen molar-refractivity contribution in [3.05, 3.63) is 47.3 Å². The largest absolute Gasteiger partial charge is 0.352 e. The highest BCUT2D eigenvalue weighted by molar-refractivity contribution is 5.95. The summed E-state index contributed by atoms with van der Waals surface area (Å²) in [6.07, 6.45) is 2.66. The fourth-order valence-corrected chi connectivity index (χ4v) is 2.83. The summed E-state index contributed by atoms with van der Waals surface area (Å²) in [7, 11) is 1.92. The highest BCUT2D eigenvalue weighted by Crippen LogP contribution is 2.16. The SMILES string of the molecule is Cc1ccccc1C(=O)NCCCn1ncc2c1c(C)nn2C. The molecule has 0 fully saturated rings. The third-order valence-corrected chi connectivity index (χ3v) is 4.03. The zero-order chi connectivity index (χ0) is 16.4. The van der Waals surface area contributed by atoms with Crippen molar-refractivity contribution in [1.29, 1.82) is 0 Å². The molecule has 2 aromatic heterocycles. The molecule has 0 aliphatic rings. The van der Waals surface area contributed by atoms with Crippen LogP contribution in [0.4, 0.5) is 0 Å². The Morgan fingerprint density at radius 2 is 2.04 bits per heavy atom. The van der Waals surface area contributed by atoms with E-state index in [-0.39, 0.29) is 5.91 Å². The normalized spacial score (nSPS) is 11.1. The molecule has 3 aromatic rings. The lowest BCUT2D eigenvalue weighted by Gasteiger charge is -2.08. The van der Waals surface area contributed by atoms with Gasteiger partial charge in [-0.25, -0.2) is 0 Å². The second-order valence-electron chi connectivity index (χ2n) is 5.73. The van der Waals surface area contributed by atoms with E-state index < -0.39 is 0 Å². The highest BCUT2D eigenvalue weighted by Gasteiger charge is 2.11. The van der Waals surface area contributed by atoms with Crippen LogP contribution in [0.3, 0.4) is 0 Å². The van der Waals surface area contributed by atoms with E-state index in [0.29, 0.717) is 6.54 Å². The van der Waals surface area contributed by atoms with Gasteiger partial charge in [-0.2, -0.15) is 10.2 Å². The second-order valence-corrected chi connectivity index (χ2v) is 5.73. The lowest BCUT2D eigenvalue weighted by Crippen LogP contribution is -2.26. The molecule has 0 saturated heterocycles. The maximum Gasteiger partial charge on any atom is 0.251 e. The average Bonchev–Trinajstić information content (AvgIpc) is 3.07. The third-order valence-electron chi connectivity index (χ3n) is 4.03. The van der Waals surface area contributed by atoms with Crippen LogP contribution in [0.15, 0.2) is 30.5 Å². The van der Waals surface area contributed by atoms with E-state index in [1.54, 1.807) is 0 Å². The Morgan fingerprint density at radius 3 is 2.83 bits per heavy atom. The fourth-order valence-electron chi connectivity index (χ4n) is 2.83. The first-order valence-electron chi connectivity index (χ1n) is 7.77. The van der Waals surface area contributed by atoms with Crippen LogP contribution in [-0.2, 0) is 13.6 Å². The molecule has 0 bridgehead atoms. The van der Waals surface area contributed by atoms with Crippen LogP contribution >= 0.6 is 0 Å². The molecular weight excluding hydrogens is 290 g/mol. The molecule has 0 saturated carbocycles. The number of hydrogen-bond donors (Lipinski definition) is 1. The van der Waals surface area contributed by atoms with Crippen molar-refractivity contribution in [3.8, 4) is 0 Å². The Morgan fingerprint density at radius 1 is 1.26 bits per heavy atom. The molecule has 6 nitrogen and oxygen atoms in total. The molecule has 2 heterocycles. The van der Waals surface area contributed by atoms with E-state index in [2.05, 4.69) is 15.5 Å². The van der Waals surface area contributed by atoms with Crippen molar-refractivity contribution in [2.45, 2.75) is 26.8 Å². The van der Waals surface area contributed by atoms with Crippen LogP contribution in [0.1, 0.15) is 28.0 Å². The Bertz CT molecular complexity index is 846. The lowest BCUT2D eigenvalue weighted by atomic mass is 10.1. The molecule has 0 spiro atoms. The van der Waals surface area contributed by atoms with Crippen molar-refractivity contribution < 1.29 is 4.79 Å². The van der Waals surface area contributed by atoms with Gasteiger partial charge in [0, 0.05) is 25.7 Å². The minimum absolute atomic E-state index is 0.0220. The quantitative estimate of drug-likeness (QED) is 0.735. The minimum Gasteiger partial charge on any atom is -0.352 e. The molecule has 1 aromatic carbocycles. The molecule has 23 heavy (non-hydrogen) atoms. The third kappa shape index (κ3) is 2.97. The second kappa shape index (κ2) is 6.24. The highest BCUT2D eigenvalue weighted by atomic mass is 16.1. The van der Waals surface area contributed by atoms with Gasteiger partial charge in [-0.3, -0.25) is 14.2 Å². The van der Waals surface area contributed by atoms with E-state index in [1.165, 1.54) is 0 Å². The van der Waals surface area contributed by atoms with Gasteiger partial charge in [0.1, 0.15) is 11.0 Å². The van der Waals surface area contributed by atoms with E-state index in [1.807, 2.05) is 60.7 Å². The maximum absolute atomic E-state index is 12.1. The summed E-state index contributed by atoms with van der Waals surface area (Å²) in [5.74, 6) is -0.0220. The first-order chi connectivity index (χ1) is 11.1. The van der Waals surface area contributed by atoms with Crippen molar-refractivity contribution >= 4 is 16.9 Å². The Kier molecular flexibility index (Phi) is 4.14. The number of nitrogens with zero attached hydrogens (tertiary/aromatic N) is 4. The molecular formula is C17H21N5O. The van der Waals surface area contributed by atoms with Crippen molar-refractivity contribution in [2.24, 2.45) is 7.05 Å². The standard InChI is InChI=1S/C17H21N5O/c1-12-7-4-5-8-14(12)17(23)18-9-6-10-22-16-13(2)20-21(3)15(16)11-19-22/h4-5,7-8,11H,6,9-10H2,1-3H3,(H,18,23). The molecule has 3 rings (SSSR count). The van der Waals surface area contributed by atoms with Gasteiger partial charge in [-0.05, 0) is 31.9 Å². The lowest BCUT2D eigenvalue weighted by molar-refractivity contribution is 0.0952. The number of nitrogens with one attached hydrogen (secondary N) is 1. The van der Waals surface area contributed by atoms with E-state index in [4.69, 9.17) is 0 Å². The Balaban J connectivity index is 1.57. The van der Waals surface area contributed by atoms with Gasteiger partial charge in [-0.1, -0.05) is 18.2 Å². The van der Waals surface area contributed by atoms with E-state index >= 15 is 0 Å². The van der Waals surface area contributed by atoms with Crippen molar-refractivity contribution in [3.63, 3.8) is 0 Å². The summed E-state index contributed by atoms with van der Waals surface area (Å²) >= 11 is 0. The summed E-state index contributed by atoms with van der Waals surface area (Å²) in [4.78, 5) is 12.1. The first kappa shape index (κ1) is 15.3. The van der Waals surface area contributed by atoms with Crippen LogP contribution in [0.25, 0.3) is 11.0 Å². The summed E-state index contributed by atoms with van der Waals surface area (Å²) in [5.41, 5.74) is 4.80. The average molecular weight is 311 g/mol. The minimum atomic E-state index is -0.0220. The van der Waals surface area contributed by atoms with Gasteiger partial charge >= 0.3 is 0 Å². The molecule has 1 N–H and O–H groups in total. The predicted molar refractivity (Wildman–Crippen MR) is 89.4 cm³/mol. The molecule has 0 radical (unpaired) electrons. The number of amides is 1. The van der Waals surface area contributed by atoms with E-state index in [0.717, 1.165) is 40.8 Å².